The molecule has 5 heteroatoms. The molecule has 53 heavy (non-hydrogen) atoms. The van der Waals surface area contributed by atoms with Crippen LogP contribution < -0.4 is 0 Å². The van der Waals surface area contributed by atoms with E-state index in [1.807, 2.05) is 75.4 Å². The summed E-state index contributed by atoms with van der Waals surface area (Å²) in [5.74, 6) is 0. The quantitative estimate of drug-likeness (QED) is 0.156. The average Bonchev–Trinajstić information content (AvgIpc) is 3.61. The average molecular weight is 881 g/mol. The van der Waals surface area contributed by atoms with Crippen LogP contribution in [0.2, 0.25) is 0 Å². The van der Waals surface area contributed by atoms with Crippen LogP contribution in [-0.2, 0) is 32.9 Å². The van der Waals surface area contributed by atoms with Crippen molar-refractivity contribution >= 4 is 22.1 Å². The smallest absolute Gasteiger partial charge is 0.216 e. The Hall–Kier alpha value is -5.22. The van der Waals surface area contributed by atoms with Gasteiger partial charge < -0.3 is 14.4 Å². The van der Waals surface area contributed by atoms with Gasteiger partial charge in [0.2, 0.25) is 5.71 Å². The maximum atomic E-state index is 8.39. The minimum absolute atomic E-state index is 0. The molecule has 8 aromatic rings. The Kier molecular flexibility index (Phi) is 7.86. The van der Waals surface area contributed by atoms with Gasteiger partial charge in [-0.1, -0.05) is 122 Å². The molecular formula is C48H43IrN3O-2. The first-order valence-electron chi connectivity index (χ1n) is 22.4. The first kappa shape index (κ1) is 25.7. The predicted octanol–water partition coefficient (Wildman–Crippen LogP) is 12.2. The van der Waals surface area contributed by atoms with Gasteiger partial charge in [0.1, 0.15) is 0 Å². The minimum Gasteiger partial charge on any atom is -0.486 e. The van der Waals surface area contributed by atoms with E-state index in [-0.39, 0.29) is 37.1 Å². The van der Waals surface area contributed by atoms with Crippen LogP contribution in [0.25, 0.3) is 55.7 Å². The minimum atomic E-state index is -2.32. The van der Waals surface area contributed by atoms with Crippen molar-refractivity contribution in [2.75, 3.05) is 0 Å². The molecule has 0 aliphatic heterocycles. The standard InChI is InChI=1S/C25H19N2O.C23H24N.Ir/c1-16-5-3-6-18(13-16)14-19-11-12-26-23(15-19)22-8-4-7-20-21-10-9-17(2)27-25(21)28-24(20)22;1-17-10-12-20(14-21(17)19-8-6-5-7-9-19)22-13-11-18(16-24-22)15-23(2,3)4;/h3-7,9-13,15H,14H2,1-2H3;5-11,13-14,16H,15H2,1-4H3;/q2*-1;/i1D3,2D3;1D3,15D2;. The van der Waals surface area contributed by atoms with Crippen LogP contribution in [0.5, 0.6) is 0 Å². The van der Waals surface area contributed by atoms with E-state index in [0.717, 1.165) is 27.5 Å². The van der Waals surface area contributed by atoms with Gasteiger partial charge in [0.15, 0.2) is 0 Å². The number of hydrogen-bond acceptors (Lipinski definition) is 4. The van der Waals surface area contributed by atoms with Gasteiger partial charge in [-0.05, 0) is 83.8 Å². The van der Waals surface area contributed by atoms with E-state index in [1.165, 1.54) is 12.1 Å². The van der Waals surface area contributed by atoms with Crippen molar-refractivity contribution < 1.29 is 39.6 Å². The number of benzene rings is 4. The summed E-state index contributed by atoms with van der Waals surface area (Å²) in [5.41, 5.74) is 7.10. The molecule has 4 aromatic carbocycles. The summed E-state index contributed by atoms with van der Waals surface area (Å²) in [4.78, 5) is 13.1. The molecule has 4 heterocycles. The van der Waals surface area contributed by atoms with Crippen molar-refractivity contribution in [1.82, 2.24) is 15.0 Å². The number of aryl methyl sites for hydroxylation is 3. The number of furan rings is 1. The molecule has 0 aliphatic rings. The Morgan fingerprint density at radius 1 is 0.755 bits per heavy atom. The summed E-state index contributed by atoms with van der Waals surface area (Å²) >= 11 is 0. The molecule has 0 bridgehead atoms. The first-order valence-corrected chi connectivity index (χ1v) is 16.9. The van der Waals surface area contributed by atoms with Crippen LogP contribution in [0.1, 0.15) is 69.4 Å². The molecule has 0 spiro atoms. The molecule has 0 amide bonds. The Bertz CT molecular complexity index is 2900. The fourth-order valence-corrected chi connectivity index (χ4v) is 6.01. The van der Waals surface area contributed by atoms with Crippen LogP contribution in [0.3, 0.4) is 0 Å². The second kappa shape index (κ2) is 16.2. The zero-order valence-electron chi connectivity index (χ0n) is 40.4. The van der Waals surface area contributed by atoms with Crippen molar-refractivity contribution in [3.63, 3.8) is 0 Å². The maximum Gasteiger partial charge on any atom is 0.216 e. The van der Waals surface area contributed by atoms with Crippen LogP contribution in [0.4, 0.5) is 0 Å². The number of nitrogens with zero attached hydrogens (tertiary/aromatic N) is 3. The van der Waals surface area contributed by atoms with Gasteiger partial charge in [0.05, 0.1) is 5.58 Å². The summed E-state index contributed by atoms with van der Waals surface area (Å²) in [6.45, 7) is -1.16. The van der Waals surface area contributed by atoms with E-state index in [2.05, 4.69) is 27.1 Å². The van der Waals surface area contributed by atoms with Crippen molar-refractivity contribution in [3.05, 3.63) is 173 Å². The zero-order chi connectivity index (χ0) is 45.5. The Morgan fingerprint density at radius 3 is 2.40 bits per heavy atom. The number of hydrogen-bond donors (Lipinski definition) is 0. The van der Waals surface area contributed by atoms with E-state index in [9.17, 15) is 0 Å². The molecule has 0 unspecified atom stereocenters. The summed E-state index contributed by atoms with van der Waals surface area (Å²) < 4.78 is 92.1. The Balaban J connectivity index is 0.000000212. The first-order chi connectivity index (χ1) is 29.5. The van der Waals surface area contributed by atoms with Crippen LogP contribution in [-0.4, -0.2) is 15.0 Å². The Morgan fingerprint density at radius 2 is 1.62 bits per heavy atom. The largest absolute Gasteiger partial charge is 0.486 e. The monoisotopic (exact) mass is 881 g/mol. The zero-order valence-corrected chi connectivity index (χ0v) is 31.8. The maximum absolute atomic E-state index is 8.39. The van der Waals surface area contributed by atoms with E-state index in [4.69, 9.17) is 19.5 Å². The summed E-state index contributed by atoms with van der Waals surface area (Å²) in [5, 5.41) is 1.52. The molecule has 4 nitrogen and oxygen atoms in total. The third-order valence-corrected chi connectivity index (χ3v) is 8.31. The van der Waals surface area contributed by atoms with Gasteiger partial charge in [-0.3, -0.25) is 0 Å². The number of fused-ring (bicyclic) bond motifs is 3. The topological polar surface area (TPSA) is 51.8 Å². The normalized spacial score (nSPS) is 15.3. The van der Waals surface area contributed by atoms with Crippen molar-refractivity contribution in [1.29, 1.82) is 0 Å². The molecule has 0 saturated heterocycles. The molecular weight excluding hydrogens is 827 g/mol. The molecule has 4 aromatic heterocycles. The molecule has 0 saturated carbocycles. The van der Waals surface area contributed by atoms with Crippen LogP contribution in [0.15, 0.2) is 132 Å². The van der Waals surface area contributed by atoms with Gasteiger partial charge in [0.25, 0.3) is 0 Å². The molecule has 0 fully saturated rings. The number of rotatable bonds is 6. The molecule has 0 atom stereocenters. The molecule has 8 rings (SSSR count). The second-order valence-electron chi connectivity index (χ2n) is 13.5. The van der Waals surface area contributed by atoms with Gasteiger partial charge in [0, 0.05) is 58.7 Å². The SMILES string of the molecule is [2H]C([2H])([2H])c1c[c-]c(-c2ccc(C([2H])([2H])C(C)(C)C)cn2)cc1-c1ccccc1.[2H]C([2H])([2H])c1cccc(Cc2ccnc(-c3[c-]ccc4c3oc3nc(C([2H])([2H])[2H])ccc34)c2)c1.[Ir]. The van der Waals surface area contributed by atoms with E-state index < -0.39 is 32.3 Å². The summed E-state index contributed by atoms with van der Waals surface area (Å²) in [7, 11) is 0. The van der Waals surface area contributed by atoms with Gasteiger partial charge in [-0.15, -0.1) is 47.5 Å². The van der Waals surface area contributed by atoms with Gasteiger partial charge >= 0.3 is 0 Å². The fourth-order valence-electron chi connectivity index (χ4n) is 6.01. The third-order valence-electron chi connectivity index (χ3n) is 8.31. The summed E-state index contributed by atoms with van der Waals surface area (Å²) in [6, 6.07) is 40.0. The van der Waals surface area contributed by atoms with Crippen LogP contribution >= 0.6 is 0 Å². The van der Waals surface area contributed by atoms with E-state index in [1.54, 1.807) is 60.9 Å². The third kappa shape index (κ3) is 9.06. The van der Waals surface area contributed by atoms with E-state index in [0.29, 0.717) is 51.2 Å². The van der Waals surface area contributed by atoms with E-state index >= 15 is 0 Å². The molecule has 0 N–H and O–H groups in total. The Labute approximate surface area is 342 Å². The van der Waals surface area contributed by atoms with Crippen molar-refractivity contribution in [2.24, 2.45) is 5.41 Å². The number of aromatic nitrogens is 3. The van der Waals surface area contributed by atoms with Gasteiger partial charge in [-0.25, -0.2) is 4.98 Å². The molecule has 267 valence electrons. The van der Waals surface area contributed by atoms with Crippen molar-refractivity contribution in [3.8, 4) is 33.6 Å². The second-order valence-corrected chi connectivity index (χ2v) is 13.5. The number of pyridine rings is 3. The van der Waals surface area contributed by atoms with Gasteiger partial charge in [-0.2, -0.15) is 0 Å². The molecule has 0 aliphatic carbocycles. The van der Waals surface area contributed by atoms with Crippen molar-refractivity contribution in [2.45, 2.75) is 54.1 Å². The fraction of sp³-hybridized carbons (Fsp3) is 0.188. The molecule has 1 radical (unpaired) electrons. The predicted molar refractivity (Wildman–Crippen MR) is 214 cm³/mol. The van der Waals surface area contributed by atoms with Crippen LogP contribution in [0, 0.1) is 38.1 Å². The summed E-state index contributed by atoms with van der Waals surface area (Å²) in [6.07, 6.45) is 2.26.